The quantitative estimate of drug-likeness (QED) is 0.847. The van der Waals surface area contributed by atoms with Crippen LogP contribution in [0.3, 0.4) is 0 Å². The highest BCUT2D eigenvalue weighted by atomic mass is 35.5. The number of carbonyl (C=O) groups excluding carboxylic acids is 1. The zero-order valence-corrected chi connectivity index (χ0v) is 14.4. The normalized spacial score (nSPS) is 25.7. The van der Waals surface area contributed by atoms with E-state index >= 15 is 0 Å². The van der Waals surface area contributed by atoms with Gasteiger partial charge in [-0.15, -0.1) is 12.4 Å². The summed E-state index contributed by atoms with van der Waals surface area (Å²) in [7, 11) is 0. The molecule has 4 nitrogen and oxygen atoms in total. The number of amides is 1. The maximum absolute atomic E-state index is 12.3. The first-order valence-corrected chi connectivity index (χ1v) is 8.43. The maximum Gasteiger partial charge on any atom is 0.239 e. The minimum Gasteiger partial charge on any atom is -0.341 e. The summed E-state index contributed by atoms with van der Waals surface area (Å²) in [5.41, 5.74) is 6.01. The highest BCUT2D eigenvalue weighted by Gasteiger charge is 2.32. The van der Waals surface area contributed by atoms with E-state index < -0.39 is 0 Å². The molecule has 0 aromatic rings. The van der Waals surface area contributed by atoms with Gasteiger partial charge in [0.25, 0.3) is 0 Å². The fourth-order valence-corrected chi connectivity index (χ4v) is 3.70. The van der Waals surface area contributed by atoms with Crippen LogP contribution in [-0.2, 0) is 4.79 Å². The number of halogens is 1. The number of likely N-dealkylation sites (tertiary alicyclic amines) is 2. The van der Waals surface area contributed by atoms with Gasteiger partial charge < -0.3 is 10.6 Å². The molecule has 0 aromatic heterocycles. The van der Waals surface area contributed by atoms with Crippen LogP contribution < -0.4 is 5.73 Å². The third kappa shape index (κ3) is 4.83. The van der Waals surface area contributed by atoms with Crippen molar-refractivity contribution in [3.63, 3.8) is 0 Å². The minimum atomic E-state index is -0.280. The van der Waals surface area contributed by atoms with Crippen LogP contribution in [0.4, 0.5) is 0 Å². The number of nitrogens with zero attached hydrogens (tertiary/aromatic N) is 2. The molecule has 2 unspecified atom stereocenters. The van der Waals surface area contributed by atoms with Crippen LogP contribution in [0, 0.1) is 0 Å². The lowest BCUT2D eigenvalue weighted by Crippen LogP contribution is -2.51. The standard InChI is InChI=1S/C16H31N3O.ClH/c1-3-4-7-15(17)16(20)18-11-8-14(9-12-18)19-10-5-6-13(19)2;/h13-15H,3-12,17H2,1-2H3;1H. The molecular weight excluding hydrogens is 286 g/mol. The Morgan fingerprint density at radius 3 is 2.43 bits per heavy atom. The number of hydrogen-bond donors (Lipinski definition) is 1. The van der Waals surface area contributed by atoms with E-state index in [0.29, 0.717) is 6.04 Å². The number of rotatable bonds is 5. The van der Waals surface area contributed by atoms with E-state index in [1.807, 2.05) is 4.90 Å². The molecule has 0 aromatic carbocycles. The molecule has 0 aliphatic carbocycles. The van der Waals surface area contributed by atoms with Gasteiger partial charge in [0.2, 0.25) is 5.91 Å². The van der Waals surface area contributed by atoms with E-state index in [4.69, 9.17) is 5.73 Å². The average molecular weight is 318 g/mol. The van der Waals surface area contributed by atoms with Gasteiger partial charge in [-0.25, -0.2) is 0 Å². The molecule has 2 fully saturated rings. The molecule has 1 amide bonds. The fraction of sp³-hybridized carbons (Fsp3) is 0.938. The number of carbonyl (C=O) groups is 1. The zero-order chi connectivity index (χ0) is 14.5. The largest absolute Gasteiger partial charge is 0.341 e. The van der Waals surface area contributed by atoms with E-state index in [2.05, 4.69) is 18.7 Å². The Balaban J connectivity index is 0.00000220. The van der Waals surface area contributed by atoms with Crippen molar-refractivity contribution in [2.45, 2.75) is 76.9 Å². The molecular formula is C16H32ClN3O. The summed E-state index contributed by atoms with van der Waals surface area (Å²) >= 11 is 0. The predicted octanol–water partition coefficient (Wildman–Crippen LogP) is 2.40. The van der Waals surface area contributed by atoms with Gasteiger partial charge in [-0.05, 0) is 45.6 Å². The summed E-state index contributed by atoms with van der Waals surface area (Å²) in [6.07, 6.45) is 7.90. The van der Waals surface area contributed by atoms with Crippen LogP contribution in [0.15, 0.2) is 0 Å². The van der Waals surface area contributed by atoms with Crippen LogP contribution in [0.5, 0.6) is 0 Å². The lowest BCUT2D eigenvalue weighted by atomic mass is 10.0. The van der Waals surface area contributed by atoms with Gasteiger partial charge in [0, 0.05) is 25.2 Å². The second kappa shape index (κ2) is 8.96. The molecule has 21 heavy (non-hydrogen) atoms. The van der Waals surface area contributed by atoms with Gasteiger partial charge in [0.15, 0.2) is 0 Å². The van der Waals surface area contributed by atoms with Gasteiger partial charge in [-0.3, -0.25) is 9.69 Å². The first kappa shape index (κ1) is 18.7. The highest BCUT2D eigenvalue weighted by Crippen LogP contribution is 2.25. The molecule has 0 radical (unpaired) electrons. The van der Waals surface area contributed by atoms with Gasteiger partial charge in [0.1, 0.15) is 0 Å². The highest BCUT2D eigenvalue weighted by molar-refractivity contribution is 5.85. The van der Waals surface area contributed by atoms with Crippen molar-refractivity contribution in [3.8, 4) is 0 Å². The van der Waals surface area contributed by atoms with E-state index in [9.17, 15) is 4.79 Å². The number of hydrogen-bond acceptors (Lipinski definition) is 3. The molecule has 0 spiro atoms. The van der Waals surface area contributed by atoms with Crippen LogP contribution >= 0.6 is 12.4 Å². The molecule has 2 aliphatic rings. The van der Waals surface area contributed by atoms with E-state index in [-0.39, 0.29) is 24.4 Å². The molecule has 2 heterocycles. The summed E-state index contributed by atoms with van der Waals surface area (Å²) in [5.74, 6) is 0.173. The van der Waals surface area contributed by atoms with Crippen molar-refractivity contribution in [2.24, 2.45) is 5.73 Å². The second-order valence-electron chi connectivity index (χ2n) is 6.53. The Morgan fingerprint density at radius 1 is 1.24 bits per heavy atom. The molecule has 2 aliphatic heterocycles. The number of nitrogens with two attached hydrogens (primary N) is 1. The molecule has 0 saturated carbocycles. The molecule has 2 saturated heterocycles. The summed E-state index contributed by atoms with van der Waals surface area (Å²) in [6, 6.07) is 1.13. The lowest BCUT2D eigenvalue weighted by molar-refractivity contribution is -0.134. The van der Waals surface area contributed by atoms with Crippen molar-refractivity contribution >= 4 is 18.3 Å². The Hall–Kier alpha value is -0.320. The number of unbranched alkanes of at least 4 members (excludes halogenated alkanes) is 1. The smallest absolute Gasteiger partial charge is 0.239 e. The summed E-state index contributed by atoms with van der Waals surface area (Å²) in [5, 5.41) is 0. The molecule has 124 valence electrons. The second-order valence-corrected chi connectivity index (χ2v) is 6.53. The summed E-state index contributed by atoms with van der Waals surface area (Å²) < 4.78 is 0. The van der Waals surface area contributed by atoms with Gasteiger partial charge >= 0.3 is 0 Å². The van der Waals surface area contributed by atoms with E-state index in [0.717, 1.165) is 51.2 Å². The van der Waals surface area contributed by atoms with Crippen LogP contribution in [0.25, 0.3) is 0 Å². The Kier molecular flexibility index (Phi) is 7.99. The van der Waals surface area contributed by atoms with E-state index in [1.165, 1.54) is 19.4 Å². The van der Waals surface area contributed by atoms with Gasteiger partial charge in [-0.1, -0.05) is 19.8 Å². The van der Waals surface area contributed by atoms with Gasteiger partial charge in [0.05, 0.1) is 6.04 Å². The third-order valence-corrected chi connectivity index (χ3v) is 5.04. The minimum absolute atomic E-state index is 0. The first-order chi connectivity index (χ1) is 9.63. The Bertz CT molecular complexity index is 319. The summed E-state index contributed by atoms with van der Waals surface area (Å²) in [4.78, 5) is 16.9. The molecule has 2 rings (SSSR count). The third-order valence-electron chi connectivity index (χ3n) is 5.04. The Labute approximate surface area is 135 Å². The predicted molar refractivity (Wildman–Crippen MR) is 89.8 cm³/mol. The molecule has 2 N–H and O–H groups in total. The van der Waals surface area contributed by atoms with Crippen molar-refractivity contribution < 1.29 is 4.79 Å². The first-order valence-electron chi connectivity index (χ1n) is 8.43. The molecule has 2 atom stereocenters. The molecule has 0 bridgehead atoms. The monoisotopic (exact) mass is 317 g/mol. The van der Waals surface area contributed by atoms with Crippen molar-refractivity contribution in [1.29, 1.82) is 0 Å². The average Bonchev–Trinajstić information content (AvgIpc) is 2.90. The van der Waals surface area contributed by atoms with Crippen molar-refractivity contribution in [3.05, 3.63) is 0 Å². The topological polar surface area (TPSA) is 49.6 Å². The summed E-state index contributed by atoms with van der Waals surface area (Å²) in [6.45, 7) is 7.51. The maximum atomic E-state index is 12.3. The molecule has 5 heteroatoms. The van der Waals surface area contributed by atoms with Gasteiger partial charge in [-0.2, -0.15) is 0 Å². The van der Waals surface area contributed by atoms with Crippen molar-refractivity contribution in [2.75, 3.05) is 19.6 Å². The number of piperidine rings is 1. The van der Waals surface area contributed by atoms with Crippen LogP contribution in [-0.4, -0.2) is 53.5 Å². The fourth-order valence-electron chi connectivity index (χ4n) is 3.70. The van der Waals surface area contributed by atoms with Crippen LogP contribution in [0.2, 0.25) is 0 Å². The zero-order valence-electron chi connectivity index (χ0n) is 13.6. The Morgan fingerprint density at radius 2 is 1.90 bits per heavy atom. The van der Waals surface area contributed by atoms with Crippen LogP contribution in [0.1, 0.15) is 58.8 Å². The van der Waals surface area contributed by atoms with E-state index in [1.54, 1.807) is 0 Å². The lowest BCUT2D eigenvalue weighted by Gasteiger charge is -2.39. The van der Waals surface area contributed by atoms with Crippen molar-refractivity contribution in [1.82, 2.24) is 9.80 Å². The SMILES string of the molecule is CCCCC(N)C(=O)N1CCC(N2CCCC2C)CC1.Cl.